The van der Waals surface area contributed by atoms with E-state index in [1.807, 2.05) is 0 Å². The molecule has 5 heteroatoms. The summed E-state index contributed by atoms with van der Waals surface area (Å²) in [6.45, 7) is 3.42. The van der Waals surface area contributed by atoms with Crippen molar-refractivity contribution in [2.24, 2.45) is 0 Å². The Kier molecular flexibility index (Phi) is 2.83. The Morgan fingerprint density at radius 2 is 1.47 bits per heavy atom. The summed E-state index contributed by atoms with van der Waals surface area (Å²) in [5.74, 6) is -3.44. The lowest BCUT2D eigenvalue weighted by Gasteiger charge is -2.05. The average molecular weight is 238 g/mol. The van der Waals surface area contributed by atoms with Crippen molar-refractivity contribution in [1.82, 2.24) is 9.97 Å². The summed E-state index contributed by atoms with van der Waals surface area (Å²) in [7, 11) is 0. The van der Waals surface area contributed by atoms with Gasteiger partial charge in [-0.1, -0.05) is 0 Å². The van der Waals surface area contributed by atoms with E-state index in [-0.39, 0.29) is 5.56 Å². The van der Waals surface area contributed by atoms with Gasteiger partial charge in [-0.3, -0.25) is 0 Å². The van der Waals surface area contributed by atoms with Crippen LogP contribution >= 0.6 is 0 Å². The molecule has 2 aromatic rings. The Morgan fingerprint density at radius 1 is 0.882 bits per heavy atom. The highest BCUT2D eigenvalue weighted by atomic mass is 19.2. The molecule has 0 aliphatic heterocycles. The summed E-state index contributed by atoms with van der Waals surface area (Å²) in [6.07, 6.45) is 0. The fourth-order valence-corrected chi connectivity index (χ4v) is 1.57. The van der Waals surface area contributed by atoms with Crippen LogP contribution in [-0.4, -0.2) is 9.97 Å². The van der Waals surface area contributed by atoms with E-state index in [4.69, 9.17) is 0 Å². The second-order valence-electron chi connectivity index (χ2n) is 3.70. The zero-order valence-electron chi connectivity index (χ0n) is 9.26. The molecule has 0 amide bonds. The number of aromatic nitrogens is 2. The summed E-state index contributed by atoms with van der Waals surface area (Å²) < 4.78 is 38.9. The number of benzene rings is 1. The standard InChI is InChI=1S/C12H9F3N2/c1-6-3-11(17-7(2)16-6)8-4-9(13)12(15)10(14)5-8/h3-5H,1-2H3. The van der Waals surface area contributed by atoms with E-state index in [9.17, 15) is 13.2 Å². The van der Waals surface area contributed by atoms with Gasteiger partial charge >= 0.3 is 0 Å². The van der Waals surface area contributed by atoms with Crippen LogP contribution in [0, 0.1) is 31.3 Å². The fraction of sp³-hybridized carbons (Fsp3) is 0.167. The Bertz CT molecular complexity index is 539. The first kappa shape index (κ1) is 11.6. The van der Waals surface area contributed by atoms with Gasteiger partial charge in [0.15, 0.2) is 17.5 Å². The van der Waals surface area contributed by atoms with Gasteiger partial charge in [-0.2, -0.15) is 0 Å². The lowest BCUT2D eigenvalue weighted by atomic mass is 10.1. The first-order valence-electron chi connectivity index (χ1n) is 4.94. The highest BCUT2D eigenvalue weighted by molar-refractivity contribution is 5.59. The van der Waals surface area contributed by atoms with Crippen molar-refractivity contribution in [2.75, 3.05) is 0 Å². The Balaban J connectivity index is 2.60. The topological polar surface area (TPSA) is 25.8 Å². The number of hydrogen-bond donors (Lipinski definition) is 0. The smallest absolute Gasteiger partial charge is 0.194 e. The van der Waals surface area contributed by atoms with Crippen molar-refractivity contribution in [2.45, 2.75) is 13.8 Å². The maximum Gasteiger partial charge on any atom is 0.194 e. The van der Waals surface area contributed by atoms with Crippen LogP contribution in [0.4, 0.5) is 13.2 Å². The monoisotopic (exact) mass is 238 g/mol. The van der Waals surface area contributed by atoms with Gasteiger partial charge in [0, 0.05) is 11.3 Å². The summed E-state index contributed by atoms with van der Waals surface area (Å²) in [5, 5.41) is 0. The molecule has 0 atom stereocenters. The van der Waals surface area contributed by atoms with E-state index in [0.29, 0.717) is 17.2 Å². The predicted molar refractivity (Wildman–Crippen MR) is 56.8 cm³/mol. The van der Waals surface area contributed by atoms with Crippen LogP contribution in [0.3, 0.4) is 0 Å². The normalized spacial score (nSPS) is 10.6. The fourth-order valence-electron chi connectivity index (χ4n) is 1.57. The number of aryl methyl sites for hydroxylation is 2. The van der Waals surface area contributed by atoms with Crippen LogP contribution in [-0.2, 0) is 0 Å². The molecule has 0 fully saturated rings. The van der Waals surface area contributed by atoms with E-state index in [2.05, 4.69) is 9.97 Å². The van der Waals surface area contributed by atoms with Crippen molar-refractivity contribution in [3.63, 3.8) is 0 Å². The van der Waals surface area contributed by atoms with Gasteiger partial charge in [-0.05, 0) is 32.0 Å². The molecule has 0 spiro atoms. The molecule has 0 radical (unpaired) electrons. The molecule has 0 aliphatic rings. The van der Waals surface area contributed by atoms with Gasteiger partial charge in [0.2, 0.25) is 0 Å². The molecule has 1 aromatic carbocycles. The molecule has 88 valence electrons. The minimum absolute atomic E-state index is 0.190. The van der Waals surface area contributed by atoms with E-state index in [1.54, 1.807) is 19.9 Å². The second kappa shape index (κ2) is 4.16. The third kappa shape index (κ3) is 2.27. The minimum Gasteiger partial charge on any atom is -0.239 e. The molecule has 0 saturated heterocycles. The summed E-state index contributed by atoms with van der Waals surface area (Å²) in [6, 6.07) is 3.42. The first-order chi connectivity index (χ1) is 7.97. The highest BCUT2D eigenvalue weighted by Gasteiger charge is 2.12. The molecule has 0 saturated carbocycles. The average Bonchev–Trinajstić information content (AvgIpc) is 2.23. The number of halogens is 3. The van der Waals surface area contributed by atoms with Gasteiger partial charge in [-0.15, -0.1) is 0 Å². The van der Waals surface area contributed by atoms with Crippen molar-refractivity contribution in [3.05, 3.63) is 47.2 Å². The van der Waals surface area contributed by atoms with E-state index in [1.165, 1.54) is 0 Å². The molecule has 1 aromatic heterocycles. The third-order valence-corrected chi connectivity index (χ3v) is 2.25. The van der Waals surface area contributed by atoms with Crippen molar-refractivity contribution in [3.8, 4) is 11.3 Å². The Morgan fingerprint density at radius 3 is 2.00 bits per heavy atom. The van der Waals surface area contributed by atoms with Gasteiger partial charge in [0.1, 0.15) is 5.82 Å². The maximum absolute atomic E-state index is 13.1. The van der Waals surface area contributed by atoms with Crippen LogP contribution in [0.2, 0.25) is 0 Å². The first-order valence-corrected chi connectivity index (χ1v) is 4.94. The van der Waals surface area contributed by atoms with Gasteiger partial charge in [-0.25, -0.2) is 23.1 Å². The van der Waals surface area contributed by atoms with Crippen molar-refractivity contribution < 1.29 is 13.2 Å². The van der Waals surface area contributed by atoms with Crippen molar-refractivity contribution >= 4 is 0 Å². The van der Waals surface area contributed by atoms with Crippen LogP contribution in [0.1, 0.15) is 11.5 Å². The number of rotatable bonds is 1. The molecule has 0 bridgehead atoms. The Labute approximate surface area is 96.2 Å². The zero-order chi connectivity index (χ0) is 12.6. The molecule has 2 nitrogen and oxygen atoms in total. The molecule has 0 aliphatic carbocycles. The highest BCUT2D eigenvalue weighted by Crippen LogP contribution is 2.22. The second-order valence-corrected chi connectivity index (χ2v) is 3.70. The summed E-state index contributed by atoms with van der Waals surface area (Å²) in [4.78, 5) is 8.10. The van der Waals surface area contributed by atoms with Crippen molar-refractivity contribution in [1.29, 1.82) is 0 Å². The van der Waals surface area contributed by atoms with E-state index < -0.39 is 17.5 Å². The summed E-state index contributed by atoms with van der Waals surface area (Å²) >= 11 is 0. The maximum atomic E-state index is 13.1. The van der Waals surface area contributed by atoms with E-state index >= 15 is 0 Å². The predicted octanol–water partition coefficient (Wildman–Crippen LogP) is 3.18. The van der Waals surface area contributed by atoms with Gasteiger partial charge in [0.25, 0.3) is 0 Å². The molecular formula is C12H9F3N2. The molecule has 1 heterocycles. The summed E-state index contributed by atoms with van der Waals surface area (Å²) in [5.41, 5.74) is 1.24. The number of nitrogens with zero attached hydrogens (tertiary/aromatic N) is 2. The largest absolute Gasteiger partial charge is 0.239 e. The SMILES string of the molecule is Cc1cc(-c2cc(F)c(F)c(F)c2)nc(C)n1. The molecular weight excluding hydrogens is 229 g/mol. The Hall–Kier alpha value is -1.91. The molecule has 17 heavy (non-hydrogen) atoms. The van der Waals surface area contributed by atoms with Crippen LogP contribution < -0.4 is 0 Å². The minimum atomic E-state index is -1.48. The lowest BCUT2D eigenvalue weighted by molar-refractivity contribution is 0.447. The van der Waals surface area contributed by atoms with Crippen LogP contribution in [0.5, 0.6) is 0 Å². The van der Waals surface area contributed by atoms with E-state index in [0.717, 1.165) is 12.1 Å². The lowest BCUT2D eigenvalue weighted by Crippen LogP contribution is -1.97. The quantitative estimate of drug-likeness (QED) is 0.713. The van der Waals surface area contributed by atoms with Gasteiger partial charge in [0.05, 0.1) is 5.69 Å². The zero-order valence-corrected chi connectivity index (χ0v) is 9.26. The van der Waals surface area contributed by atoms with Gasteiger partial charge < -0.3 is 0 Å². The molecule has 0 unspecified atom stereocenters. The molecule has 0 N–H and O–H groups in total. The molecule has 2 rings (SSSR count). The number of hydrogen-bond acceptors (Lipinski definition) is 2. The van der Waals surface area contributed by atoms with Crippen LogP contribution in [0.25, 0.3) is 11.3 Å². The third-order valence-electron chi connectivity index (χ3n) is 2.25. The van der Waals surface area contributed by atoms with Crippen LogP contribution in [0.15, 0.2) is 18.2 Å².